The van der Waals surface area contributed by atoms with E-state index >= 15 is 0 Å². The Morgan fingerprint density at radius 2 is 2.42 bits per heavy atom. The molecule has 0 aliphatic heterocycles. The number of hydrogen-bond donors (Lipinski definition) is 1. The molecule has 0 atom stereocenters. The number of carbonyl (C=O) groups excluding carboxylic acids is 1. The molecule has 102 valence electrons. The summed E-state index contributed by atoms with van der Waals surface area (Å²) in [5.74, 6) is -0.147. The second kappa shape index (κ2) is 6.95. The van der Waals surface area contributed by atoms with Crippen LogP contribution in [0.2, 0.25) is 0 Å². The van der Waals surface area contributed by atoms with E-state index in [1.807, 2.05) is 10.8 Å². The summed E-state index contributed by atoms with van der Waals surface area (Å²) in [4.78, 5) is 16.2. The molecule has 1 N–H and O–H groups in total. The molecule has 0 saturated carbocycles. The normalized spacial score (nSPS) is 10.6. The van der Waals surface area contributed by atoms with Crippen LogP contribution in [0.1, 0.15) is 15.4 Å². The van der Waals surface area contributed by atoms with Crippen LogP contribution in [0.3, 0.4) is 0 Å². The Labute approximate surface area is 114 Å². The zero-order valence-electron chi connectivity index (χ0n) is 10.6. The van der Waals surface area contributed by atoms with Gasteiger partial charge in [0, 0.05) is 25.5 Å². The Morgan fingerprint density at radius 1 is 1.53 bits per heavy atom. The molecule has 2 aromatic rings. The predicted molar refractivity (Wildman–Crippen MR) is 70.0 cm³/mol. The molecule has 1 amide bonds. The Balaban J connectivity index is 1.57. The van der Waals surface area contributed by atoms with Gasteiger partial charge in [-0.15, -0.1) is 5.10 Å². The lowest BCUT2D eigenvalue weighted by atomic mass is 10.4. The van der Waals surface area contributed by atoms with E-state index in [2.05, 4.69) is 19.9 Å². The summed E-state index contributed by atoms with van der Waals surface area (Å²) in [5.41, 5.74) is 0.656. The van der Waals surface area contributed by atoms with Crippen LogP contribution in [-0.4, -0.2) is 44.8 Å². The van der Waals surface area contributed by atoms with Crippen LogP contribution >= 0.6 is 11.5 Å². The fourth-order valence-electron chi connectivity index (χ4n) is 1.45. The van der Waals surface area contributed by atoms with E-state index in [0.29, 0.717) is 30.3 Å². The zero-order valence-corrected chi connectivity index (χ0v) is 11.4. The number of nitrogens with one attached hydrogen (secondary N) is 1. The molecule has 8 heteroatoms. The number of aryl methyl sites for hydroxylation is 1. The van der Waals surface area contributed by atoms with Crippen molar-refractivity contribution in [1.29, 1.82) is 0 Å². The second-order valence-corrected chi connectivity index (χ2v) is 4.61. The topological polar surface area (TPSA) is 81.9 Å². The van der Waals surface area contributed by atoms with E-state index in [4.69, 9.17) is 4.74 Å². The lowest BCUT2D eigenvalue weighted by Crippen LogP contribution is -2.27. The molecule has 0 aliphatic rings. The van der Waals surface area contributed by atoms with Crippen LogP contribution in [-0.2, 0) is 11.3 Å². The molecule has 2 rings (SSSR count). The molecular weight excluding hydrogens is 266 g/mol. The lowest BCUT2D eigenvalue weighted by molar-refractivity contribution is 0.0911. The van der Waals surface area contributed by atoms with Gasteiger partial charge in [-0.3, -0.25) is 4.79 Å². The molecule has 0 aromatic carbocycles. The number of imidazole rings is 1. The first-order valence-electron chi connectivity index (χ1n) is 5.88. The number of ether oxygens (including phenoxy) is 1. The first kappa shape index (κ1) is 13.6. The van der Waals surface area contributed by atoms with Gasteiger partial charge in [0.15, 0.2) is 0 Å². The molecule has 0 bridgehead atoms. The average Bonchev–Trinajstić information content (AvgIpc) is 3.04. The lowest BCUT2D eigenvalue weighted by Gasteiger charge is -2.06. The van der Waals surface area contributed by atoms with E-state index in [-0.39, 0.29) is 5.91 Å². The number of amides is 1. The minimum atomic E-state index is -0.147. The SMILES string of the molecule is Cc1nnsc1C(=O)NCCOCCn1ccnc1. The minimum Gasteiger partial charge on any atom is -0.378 e. The number of aromatic nitrogens is 4. The molecule has 0 unspecified atom stereocenters. The number of nitrogens with zero attached hydrogens (tertiary/aromatic N) is 4. The van der Waals surface area contributed by atoms with Crippen molar-refractivity contribution in [2.45, 2.75) is 13.5 Å². The highest BCUT2D eigenvalue weighted by Gasteiger charge is 2.11. The maximum Gasteiger partial charge on any atom is 0.265 e. The van der Waals surface area contributed by atoms with Crippen molar-refractivity contribution in [2.24, 2.45) is 0 Å². The largest absolute Gasteiger partial charge is 0.378 e. The highest BCUT2D eigenvalue weighted by atomic mass is 32.1. The van der Waals surface area contributed by atoms with Crippen molar-refractivity contribution in [2.75, 3.05) is 19.8 Å². The first-order chi connectivity index (χ1) is 9.27. The van der Waals surface area contributed by atoms with Crippen molar-refractivity contribution >= 4 is 17.4 Å². The molecule has 2 aromatic heterocycles. The van der Waals surface area contributed by atoms with Gasteiger partial charge in [0.25, 0.3) is 5.91 Å². The average molecular weight is 281 g/mol. The van der Waals surface area contributed by atoms with Gasteiger partial charge in [0.1, 0.15) is 4.88 Å². The zero-order chi connectivity index (χ0) is 13.5. The van der Waals surface area contributed by atoms with Crippen molar-refractivity contribution in [3.8, 4) is 0 Å². The summed E-state index contributed by atoms with van der Waals surface area (Å²) < 4.78 is 11.1. The Kier molecular flexibility index (Phi) is 4.99. The maximum atomic E-state index is 11.7. The first-order valence-corrected chi connectivity index (χ1v) is 6.65. The summed E-state index contributed by atoms with van der Waals surface area (Å²) in [6, 6.07) is 0. The molecule has 0 saturated heterocycles. The standard InChI is InChI=1S/C11H15N5O2S/c1-9-10(19-15-14-9)11(17)13-3-6-18-7-5-16-4-2-12-8-16/h2,4,8H,3,5-7H2,1H3,(H,13,17). The molecule has 0 spiro atoms. The maximum absolute atomic E-state index is 11.7. The van der Waals surface area contributed by atoms with Gasteiger partial charge in [-0.05, 0) is 18.5 Å². The van der Waals surface area contributed by atoms with Crippen molar-refractivity contribution < 1.29 is 9.53 Å². The second-order valence-electron chi connectivity index (χ2n) is 3.86. The van der Waals surface area contributed by atoms with E-state index < -0.39 is 0 Å². The number of carbonyl (C=O) groups is 1. The molecule has 0 fully saturated rings. The third kappa shape index (κ3) is 4.11. The Hall–Kier alpha value is -1.80. The molecule has 19 heavy (non-hydrogen) atoms. The quantitative estimate of drug-likeness (QED) is 0.747. The minimum absolute atomic E-state index is 0.147. The van der Waals surface area contributed by atoms with Crippen molar-refractivity contribution in [3.63, 3.8) is 0 Å². The van der Waals surface area contributed by atoms with Gasteiger partial charge in [-0.25, -0.2) is 4.98 Å². The van der Waals surface area contributed by atoms with Crippen LogP contribution in [0, 0.1) is 6.92 Å². The molecular formula is C11H15N5O2S. The van der Waals surface area contributed by atoms with Crippen molar-refractivity contribution in [3.05, 3.63) is 29.3 Å². The summed E-state index contributed by atoms with van der Waals surface area (Å²) in [6.45, 7) is 4.06. The van der Waals surface area contributed by atoms with Gasteiger partial charge >= 0.3 is 0 Å². The van der Waals surface area contributed by atoms with E-state index in [1.165, 1.54) is 0 Å². The van der Waals surface area contributed by atoms with Crippen LogP contribution in [0.5, 0.6) is 0 Å². The highest BCUT2D eigenvalue weighted by molar-refractivity contribution is 7.07. The van der Waals surface area contributed by atoms with Gasteiger partial charge in [-0.1, -0.05) is 4.49 Å². The molecule has 0 radical (unpaired) electrons. The molecule has 7 nitrogen and oxygen atoms in total. The van der Waals surface area contributed by atoms with Crippen molar-refractivity contribution in [1.82, 2.24) is 24.5 Å². The van der Waals surface area contributed by atoms with Gasteiger partial charge in [-0.2, -0.15) is 0 Å². The predicted octanol–water partition coefficient (Wildman–Crippen LogP) is 0.490. The fraction of sp³-hybridized carbons (Fsp3) is 0.455. The van der Waals surface area contributed by atoms with Crippen LogP contribution in [0.15, 0.2) is 18.7 Å². The van der Waals surface area contributed by atoms with Gasteiger partial charge < -0.3 is 14.6 Å². The summed E-state index contributed by atoms with van der Waals surface area (Å²) in [5, 5.41) is 6.56. The van der Waals surface area contributed by atoms with Gasteiger partial charge in [0.2, 0.25) is 0 Å². The van der Waals surface area contributed by atoms with Gasteiger partial charge in [0.05, 0.1) is 25.2 Å². The summed E-state index contributed by atoms with van der Waals surface area (Å²) in [7, 11) is 0. The van der Waals surface area contributed by atoms with E-state index in [0.717, 1.165) is 18.1 Å². The van der Waals surface area contributed by atoms with E-state index in [1.54, 1.807) is 19.4 Å². The fourth-order valence-corrected chi connectivity index (χ4v) is 2.02. The third-order valence-electron chi connectivity index (χ3n) is 2.44. The van der Waals surface area contributed by atoms with Crippen LogP contribution < -0.4 is 5.32 Å². The van der Waals surface area contributed by atoms with Crippen LogP contribution in [0.4, 0.5) is 0 Å². The highest BCUT2D eigenvalue weighted by Crippen LogP contribution is 2.07. The third-order valence-corrected chi connectivity index (χ3v) is 3.27. The van der Waals surface area contributed by atoms with E-state index in [9.17, 15) is 4.79 Å². The summed E-state index contributed by atoms with van der Waals surface area (Å²) >= 11 is 1.10. The monoisotopic (exact) mass is 281 g/mol. The molecule has 0 aliphatic carbocycles. The number of rotatable bonds is 7. The summed E-state index contributed by atoms with van der Waals surface area (Å²) in [6.07, 6.45) is 5.35. The smallest absolute Gasteiger partial charge is 0.265 e. The Bertz CT molecular complexity index is 511. The Morgan fingerprint density at radius 3 is 3.11 bits per heavy atom. The van der Waals surface area contributed by atoms with Crippen LogP contribution in [0.25, 0.3) is 0 Å². The number of hydrogen-bond acceptors (Lipinski definition) is 6. The molecule has 2 heterocycles.